The lowest BCUT2D eigenvalue weighted by molar-refractivity contribution is 1.55. The molecule has 0 fully saturated rings. The van der Waals surface area contributed by atoms with Crippen molar-refractivity contribution in [1.29, 1.82) is 5.26 Å². The molecule has 0 aliphatic heterocycles. The Morgan fingerprint density at radius 3 is 2.85 bits per heavy atom. The Labute approximate surface area is 80.2 Å². The molecule has 0 aliphatic rings. The molecule has 0 amide bonds. The summed E-state index contributed by atoms with van der Waals surface area (Å²) in [5.41, 5.74) is 0. The summed E-state index contributed by atoms with van der Waals surface area (Å²) in [5, 5.41) is 9.47. The zero-order chi connectivity index (χ0) is 9.10. The third-order valence-electron chi connectivity index (χ3n) is 1.67. The SMILES string of the molecule is N#CC#Cc1cc2ccccc2s1. The number of hydrogen-bond acceptors (Lipinski definition) is 2. The summed E-state index contributed by atoms with van der Waals surface area (Å²) < 4.78 is 1.21. The van der Waals surface area contributed by atoms with E-state index in [1.54, 1.807) is 17.4 Å². The number of benzene rings is 1. The molecule has 13 heavy (non-hydrogen) atoms. The Bertz CT molecular complexity index is 501. The Balaban J connectivity index is 2.57. The summed E-state index contributed by atoms with van der Waals surface area (Å²) in [7, 11) is 0. The number of fused-ring (bicyclic) bond motifs is 1. The van der Waals surface area contributed by atoms with E-state index in [0.29, 0.717) is 0 Å². The van der Waals surface area contributed by atoms with Gasteiger partial charge in [-0.15, -0.1) is 11.3 Å². The van der Waals surface area contributed by atoms with Crippen molar-refractivity contribution < 1.29 is 0 Å². The van der Waals surface area contributed by atoms with Gasteiger partial charge in [-0.1, -0.05) is 18.2 Å². The van der Waals surface area contributed by atoms with Gasteiger partial charge in [-0.25, -0.2) is 0 Å². The van der Waals surface area contributed by atoms with E-state index in [1.165, 1.54) is 10.1 Å². The van der Waals surface area contributed by atoms with Crippen LogP contribution in [-0.4, -0.2) is 0 Å². The van der Waals surface area contributed by atoms with Crippen LogP contribution in [0.4, 0.5) is 0 Å². The van der Waals surface area contributed by atoms with Gasteiger partial charge in [0.15, 0.2) is 6.07 Å². The van der Waals surface area contributed by atoms with E-state index >= 15 is 0 Å². The predicted molar refractivity (Wildman–Crippen MR) is 54.3 cm³/mol. The van der Waals surface area contributed by atoms with E-state index in [1.807, 2.05) is 24.3 Å². The fraction of sp³-hybridized carbons (Fsp3) is 0. The first kappa shape index (κ1) is 7.86. The third-order valence-corrected chi connectivity index (χ3v) is 2.70. The van der Waals surface area contributed by atoms with Gasteiger partial charge in [0.25, 0.3) is 0 Å². The molecule has 0 radical (unpaired) electrons. The lowest BCUT2D eigenvalue weighted by Crippen LogP contribution is -1.58. The molecule has 0 N–H and O–H groups in total. The molecule has 0 aliphatic carbocycles. The van der Waals surface area contributed by atoms with Gasteiger partial charge in [0.05, 0.1) is 4.88 Å². The zero-order valence-corrected chi connectivity index (χ0v) is 7.56. The van der Waals surface area contributed by atoms with Gasteiger partial charge in [0.2, 0.25) is 0 Å². The maximum Gasteiger partial charge on any atom is 0.152 e. The largest absolute Gasteiger partial charge is 0.183 e. The topological polar surface area (TPSA) is 23.8 Å². The van der Waals surface area contributed by atoms with Crippen LogP contribution in [0, 0.1) is 23.2 Å². The third kappa shape index (κ3) is 1.54. The number of nitriles is 1. The van der Waals surface area contributed by atoms with Crippen LogP contribution < -0.4 is 0 Å². The summed E-state index contributed by atoms with van der Waals surface area (Å²) >= 11 is 1.61. The Morgan fingerprint density at radius 1 is 1.23 bits per heavy atom. The smallest absolute Gasteiger partial charge is 0.152 e. The molecule has 60 valence electrons. The molecule has 1 heterocycles. The van der Waals surface area contributed by atoms with Crippen molar-refractivity contribution in [3.8, 4) is 17.9 Å². The highest BCUT2D eigenvalue weighted by Crippen LogP contribution is 2.24. The first-order valence-corrected chi connectivity index (χ1v) is 4.60. The first-order chi connectivity index (χ1) is 6.40. The number of hydrogen-bond donors (Lipinski definition) is 0. The standard InChI is InChI=1S/C11H5NS/c12-7-3-5-10-8-9-4-1-2-6-11(9)13-10/h1-2,4,6,8H. The van der Waals surface area contributed by atoms with Gasteiger partial charge in [-0.2, -0.15) is 5.26 Å². The molecule has 0 saturated carbocycles. The van der Waals surface area contributed by atoms with Crippen molar-refractivity contribution >= 4 is 21.4 Å². The van der Waals surface area contributed by atoms with Crippen LogP contribution in [0.5, 0.6) is 0 Å². The van der Waals surface area contributed by atoms with E-state index in [0.717, 1.165) is 4.88 Å². The van der Waals surface area contributed by atoms with Gasteiger partial charge in [0, 0.05) is 10.6 Å². The van der Waals surface area contributed by atoms with Crippen molar-refractivity contribution in [2.75, 3.05) is 0 Å². The molecule has 1 aromatic heterocycles. The molecule has 0 unspecified atom stereocenters. The fourth-order valence-electron chi connectivity index (χ4n) is 1.13. The van der Waals surface area contributed by atoms with Crippen molar-refractivity contribution in [2.45, 2.75) is 0 Å². The molecule has 1 nitrogen and oxygen atoms in total. The quantitative estimate of drug-likeness (QED) is 0.576. The first-order valence-electron chi connectivity index (χ1n) is 3.79. The lowest BCUT2D eigenvalue weighted by Gasteiger charge is -1.82. The molecular weight excluding hydrogens is 178 g/mol. The van der Waals surface area contributed by atoms with Gasteiger partial charge >= 0.3 is 0 Å². The second-order valence-corrected chi connectivity index (χ2v) is 3.59. The second kappa shape index (κ2) is 3.31. The highest BCUT2D eigenvalue weighted by atomic mass is 32.1. The van der Waals surface area contributed by atoms with Crippen molar-refractivity contribution in [3.05, 3.63) is 35.2 Å². The van der Waals surface area contributed by atoms with Gasteiger partial charge in [-0.05, 0) is 23.4 Å². The average Bonchev–Trinajstić information content (AvgIpc) is 2.57. The number of thiophene rings is 1. The van der Waals surface area contributed by atoms with Crippen molar-refractivity contribution in [2.24, 2.45) is 0 Å². The van der Waals surface area contributed by atoms with Crippen molar-refractivity contribution in [1.82, 2.24) is 0 Å². The molecule has 2 heteroatoms. The Hall–Kier alpha value is -1.77. The molecule has 0 saturated heterocycles. The van der Waals surface area contributed by atoms with Crippen LogP contribution in [0.25, 0.3) is 10.1 Å². The average molecular weight is 183 g/mol. The lowest BCUT2D eigenvalue weighted by atomic mass is 10.2. The summed E-state index contributed by atoms with van der Waals surface area (Å²) in [6.45, 7) is 0. The number of nitrogens with zero attached hydrogens (tertiary/aromatic N) is 1. The minimum atomic E-state index is 0.947. The molecule has 0 atom stereocenters. The van der Waals surface area contributed by atoms with E-state index in [4.69, 9.17) is 5.26 Å². The van der Waals surface area contributed by atoms with Crippen LogP contribution in [-0.2, 0) is 0 Å². The monoisotopic (exact) mass is 183 g/mol. The van der Waals surface area contributed by atoms with Crippen LogP contribution in [0.15, 0.2) is 30.3 Å². The van der Waals surface area contributed by atoms with Crippen LogP contribution >= 0.6 is 11.3 Å². The van der Waals surface area contributed by atoms with Gasteiger partial charge in [0.1, 0.15) is 0 Å². The van der Waals surface area contributed by atoms with E-state index < -0.39 is 0 Å². The summed E-state index contributed by atoms with van der Waals surface area (Å²) in [6, 6.07) is 11.9. The Kier molecular flexibility index (Phi) is 2.00. The van der Waals surface area contributed by atoms with Gasteiger partial charge < -0.3 is 0 Å². The van der Waals surface area contributed by atoms with Crippen LogP contribution in [0.1, 0.15) is 4.88 Å². The highest BCUT2D eigenvalue weighted by molar-refractivity contribution is 7.19. The van der Waals surface area contributed by atoms with Crippen molar-refractivity contribution in [3.63, 3.8) is 0 Å². The molecule has 2 rings (SSSR count). The highest BCUT2D eigenvalue weighted by Gasteiger charge is 1.96. The van der Waals surface area contributed by atoms with E-state index in [9.17, 15) is 0 Å². The normalized spacial score (nSPS) is 8.85. The number of rotatable bonds is 0. The molecule has 0 bridgehead atoms. The maximum atomic E-state index is 8.28. The van der Waals surface area contributed by atoms with Crippen LogP contribution in [0.3, 0.4) is 0 Å². The maximum absolute atomic E-state index is 8.28. The van der Waals surface area contributed by atoms with E-state index in [-0.39, 0.29) is 0 Å². The zero-order valence-electron chi connectivity index (χ0n) is 6.74. The van der Waals surface area contributed by atoms with Crippen LogP contribution in [0.2, 0.25) is 0 Å². The molecular formula is C11H5NS. The predicted octanol–water partition coefficient (Wildman–Crippen LogP) is 2.78. The molecule has 2 aromatic rings. The summed E-state index contributed by atoms with van der Waals surface area (Å²) in [6.07, 6.45) is 0. The fourth-order valence-corrected chi connectivity index (χ4v) is 2.05. The Morgan fingerprint density at radius 2 is 2.08 bits per heavy atom. The minimum absolute atomic E-state index is 0.947. The van der Waals surface area contributed by atoms with Gasteiger partial charge in [-0.3, -0.25) is 0 Å². The van der Waals surface area contributed by atoms with E-state index in [2.05, 4.69) is 17.9 Å². The molecule has 0 spiro atoms. The molecule has 1 aromatic carbocycles. The summed E-state index contributed by atoms with van der Waals surface area (Å²) in [4.78, 5) is 0.947. The minimum Gasteiger partial charge on any atom is -0.183 e. The summed E-state index contributed by atoms with van der Waals surface area (Å²) in [5.74, 6) is 5.18. The second-order valence-electron chi connectivity index (χ2n) is 2.51.